The summed E-state index contributed by atoms with van der Waals surface area (Å²) in [5.41, 5.74) is -0.284. The van der Waals surface area contributed by atoms with E-state index in [9.17, 15) is 34.9 Å². The summed E-state index contributed by atoms with van der Waals surface area (Å²) in [5.74, 6) is -2.98. The minimum atomic E-state index is -1.32. The highest BCUT2D eigenvalue weighted by atomic mass is 16.6. The van der Waals surface area contributed by atoms with E-state index >= 15 is 0 Å². The van der Waals surface area contributed by atoms with E-state index in [1.165, 1.54) is 24.3 Å². The molecule has 3 rings (SSSR count). The number of nitro benzene ring substituents is 2. The van der Waals surface area contributed by atoms with Crippen molar-refractivity contribution in [1.82, 2.24) is 4.98 Å². The molecule has 0 fully saturated rings. The van der Waals surface area contributed by atoms with Crippen molar-refractivity contribution in [3.8, 4) is 5.88 Å². The number of carbonyl (C=O) groups is 2. The summed E-state index contributed by atoms with van der Waals surface area (Å²) < 4.78 is 0. The first kappa shape index (κ1) is 19.1. The first-order chi connectivity index (χ1) is 13.8. The second kappa shape index (κ2) is 7.51. The van der Waals surface area contributed by atoms with E-state index in [1.807, 2.05) is 0 Å². The van der Waals surface area contributed by atoms with Crippen LogP contribution in [0.3, 0.4) is 0 Å². The number of aromatic amines is 1. The summed E-state index contributed by atoms with van der Waals surface area (Å²) in [6, 6.07) is 8.41. The number of carbonyl (C=O) groups excluding carboxylic acids is 2. The lowest BCUT2D eigenvalue weighted by Gasteiger charge is -2.01. The average Bonchev–Trinajstić information content (AvgIpc) is 3.00. The first-order valence-corrected chi connectivity index (χ1v) is 7.77. The molecule has 3 aromatic rings. The van der Waals surface area contributed by atoms with Gasteiger partial charge >= 0.3 is 11.8 Å². The van der Waals surface area contributed by atoms with Gasteiger partial charge in [-0.05, 0) is 18.2 Å². The third-order valence-corrected chi connectivity index (χ3v) is 3.72. The standard InChI is InChI=1S/C16H10N6O7/c23-14-13(11-7-10(22(28)29)5-6-12(11)18-14)19-20-16(25)15(24)17-8-1-3-9(4-2-8)21(26)27/h1-7,18,23H,(H,17,24). The van der Waals surface area contributed by atoms with Crippen LogP contribution in [0.2, 0.25) is 0 Å². The van der Waals surface area contributed by atoms with Crippen LogP contribution in [0.15, 0.2) is 52.7 Å². The van der Waals surface area contributed by atoms with Crippen LogP contribution in [0.4, 0.5) is 22.7 Å². The van der Waals surface area contributed by atoms with Gasteiger partial charge in [0.2, 0.25) is 5.88 Å². The number of hydrogen-bond acceptors (Lipinski definition) is 8. The Morgan fingerprint density at radius 2 is 1.62 bits per heavy atom. The van der Waals surface area contributed by atoms with Gasteiger partial charge in [-0.2, -0.15) is 0 Å². The quantitative estimate of drug-likeness (QED) is 0.260. The summed E-state index contributed by atoms with van der Waals surface area (Å²) in [5, 5.41) is 40.4. The van der Waals surface area contributed by atoms with Crippen LogP contribution >= 0.6 is 0 Å². The SMILES string of the molecule is O=C(N=Nc1c(O)[nH]c2ccc([N+](=O)[O-])cc12)C(=O)Nc1ccc([N+](=O)[O-])cc1. The minimum absolute atomic E-state index is 0.120. The van der Waals surface area contributed by atoms with Crippen molar-refractivity contribution in [2.75, 3.05) is 5.32 Å². The Bertz CT molecular complexity index is 1180. The van der Waals surface area contributed by atoms with E-state index in [4.69, 9.17) is 0 Å². The zero-order valence-electron chi connectivity index (χ0n) is 14.2. The molecular formula is C16H10N6O7. The fourth-order valence-corrected chi connectivity index (χ4v) is 2.36. The van der Waals surface area contributed by atoms with Crippen molar-refractivity contribution in [2.45, 2.75) is 0 Å². The van der Waals surface area contributed by atoms with E-state index in [0.717, 1.165) is 18.2 Å². The first-order valence-electron chi connectivity index (χ1n) is 7.77. The molecule has 0 saturated heterocycles. The van der Waals surface area contributed by atoms with Crippen molar-refractivity contribution < 1.29 is 24.5 Å². The van der Waals surface area contributed by atoms with E-state index in [1.54, 1.807) is 0 Å². The van der Waals surface area contributed by atoms with E-state index in [-0.39, 0.29) is 28.1 Å². The second-order valence-corrected chi connectivity index (χ2v) is 5.57. The van der Waals surface area contributed by atoms with Gasteiger partial charge in [0.15, 0.2) is 5.69 Å². The number of nitro groups is 2. The molecule has 2 amide bonds. The summed E-state index contributed by atoms with van der Waals surface area (Å²) in [7, 11) is 0. The second-order valence-electron chi connectivity index (χ2n) is 5.57. The van der Waals surface area contributed by atoms with Crippen LogP contribution in [0.1, 0.15) is 0 Å². The molecule has 0 aliphatic carbocycles. The highest BCUT2D eigenvalue weighted by Gasteiger charge is 2.17. The summed E-state index contributed by atoms with van der Waals surface area (Å²) in [4.78, 5) is 46.5. The van der Waals surface area contributed by atoms with Gasteiger partial charge in [0, 0.05) is 35.3 Å². The highest BCUT2D eigenvalue weighted by molar-refractivity contribution is 6.40. The lowest BCUT2D eigenvalue weighted by Crippen LogP contribution is -2.20. The molecule has 0 bridgehead atoms. The Morgan fingerprint density at radius 1 is 1.00 bits per heavy atom. The van der Waals surface area contributed by atoms with Gasteiger partial charge in [0.1, 0.15) is 0 Å². The Kier molecular flexibility index (Phi) is 4.95. The zero-order chi connectivity index (χ0) is 21.1. The number of amides is 2. The molecule has 29 heavy (non-hydrogen) atoms. The molecule has 0 aliphatic rings. The van der Waals surface area contributed by atoms with Crippen LogP contribution in [0.25, 0.3) is 10.9 Å². The maximum Gasteiger partial charge on any atom is 0.353 e. The number of fused-ring (bicyclic) bond motifs is 1. The summed E-state index contributed by atoms with van der Waals surface area (Å²) >= 11 is 0. The monoisotopic (exact) mass is 398 g/mol. The molecule has 146 valence electrons. The molecule has 0 saturated carbocycles. The van der Waals surface area contributed by atoms with Gasteiger partial charge < -0.3 is 15.4 Å². The predicted molar refractivity (Wildman–Crippen MR) is 97.9 cm³/mol. The van der Waals surface area contributed by atoms with E-state index < -0.39 is 27.5 Å². The Labute approximate surface area is 160 Å². The Hall–Kier alpha value is -4.68. The van der Waals surface area contributed by atoms with Crippen LogP contribution < -0.4 is 5.32 Å². The normalized spacial score (nSPS) is 10.9. The molecule has 0 atom stereocenters. The molecule has 3 N–H and O–H groups in total. The lowest BCUT2D eigenvalue weighted by molar-refractivity contribution is -0.385. The maximum absolute atomic E-state index is 11.9. The van der Waals surface area contributed by atoms with Crippen LogP contribution in [-0.4, -0.2) is 31.8 Å². The molecule has 1 aromatic heterocycles. The highest BCUT2D eigenvalue weighted by Crippen LogP contribution is 2.37. The molecule has 13 nitrogen and oxygen atoms in total. The molecule has 13 heteroatoms. The minimum Gasteiger partial charge on any atom is -0.493 e. The van der Waals surface area contributed by atoms with Gasteiger partial charge in [-0.25, -0.2) is 0 Å². The van der Waals surface area contributed by atoms with Gasteiger partial charge in [0.05, 0.1) is 15.4 Å². The lowest BCUT2D eigenvalue weighted by atomic mass is 10.2. The fourth-order valence-electron chi connectivity index (χ4n) is 2.36. The van der Waals surface area contributed by atoms with E-state index in [0.29, 0.717) is 5.52 Å². The van der Waals surface area contributed by atoms with Gasteiger partial charge in [-0.15, -0.1) is 10.2 Å². The van der Waals surface area contributed by atoms with Crippen LogP contribution in [0, 0.1) is 20.2 Å². The fraction of sp³-hybridized carbons (Fsp3) is 0. The smallest absolute Gasteiger partial charge is 0.353 e. The van der Waals surface area contributed by atoms with Gasteiger partial charge in [-0.3, -0.25) is 29.8 Å². The number of H-pyrrole nitrogens is 1. The van der Waals surface area contributed by atoms with Crippen molar-refractivity contribution in [2.24, 2.45) is 10.2 Å². The van der Waals surface area contributed by atoms with Crippen molar-refractivity contribution in [3.63, 3.8) is 0 Å². The average molecular weight is 398 g/mol. The third kappa shape index (κ3) is 4.02. The third-order valence-electron chi connectivity index (χ3n) is 3.72. The maximum atomic E-state index is 11.9. The number of anilines is 1. The number of azo groups is 1. The number of rotatable bonds is 4. The predicted octanol–water partition coefficient (Wildman–Crippen LogP) is 2.94. The molecular weight excluding hydrogens is 388 g/mol. The van der Waals surface area contributed by atoms with E-state index in [2.05, 4.69) is 20.5 Å². The molecule has 0 radical (unpaired) electrons. The Morgan fingerprint density at radius 3 is 2.24 bits per heavy atom. The molecule has 1 heterocycles. The summed E-state index contributed by atoms with van der Waals surface area (Å²) in [6.07, 6.45) is 0. The van der Waals surface area contributed by atoms with Crippen molar-refractivity contribution >= 4 is 45.5 Å². The summed E-state index contributed by atoms with van der Waals surface area (Å²) in [6.45, 7) is 0. The zero-order valence-corrected chi connectivity index (χ0v) is 14.2. The van der Waals surface area contributed by atoms with Crippen molar-refractivity contribution in [1.29, 1.82) is 0 Å². The molecule has 2 aromatic carbocycles. The molecule has 0 unspecified atom stereocenters. The molecule has 0 aliphatic heterocycles. The number of non-ortho nitro benzene ring substituents is 2. The van der Waals surface area contributed by atoms with Crippen LogP contribution in [0.5, 0.6) is 5.88 Å². The molecule has 0 spiro atoms. The number of benzene rings is 2. The largest absolute Gasteiger partial charge is 0.493 e. The van der Waals surface area contributed by atoms with Crippen LogP contribution in [-0.2, 0) is 9.59 Å². The number of aromatic hydroxyl groups is 1. The number of nitrogens with one attached hydrogen (secondary N) is 2. The number of aromatic nitrogens is 1. The van der Waals surface area contributed by atoms with Crippen molar-refractivity contribution in [3.05, 3.63) is 62.7 Å². The topological polar surface area (TPSA) is 193 Å². The van der Waals surface area contributed by atoms with Gasteiger partial charge in [-0.1, -0.05) is 0 Å². The number of nitrogens with zero attached hydrogens (tertiary/aromatic N) is 4. The Balaban J connectivity index is 1.78. The number of hydrogen-bond donors (Lipinski definition) is 3. The van der Waals surface area contributed by atoms with Gasteiger partial charge in [0.25, 0.3) is 11.4 Å².